The molecule has 0 saturated heterocycles. The lowest BCUT2D eigenvalue weighted by molar-refractivity contribution is 0.241. The molecule has 0 radical (unpaired) electrons. The highest BCUT2D eigenvalue weighted by Crippen LogP contribution is 2.28. The second-order valence-corrected chi connectivity index (χ2v) is 10.1. The van der Waals surface area contributed by atoms with E-state index in [0.717, 1.165) is 12.0 Å². The van der Waals surface area contributed by atoms with Gasteiger partial charge in [-0.3, -0.25) is 0 Å². The van der Waals surface area contributed by atoms with Crippen LogP contribution in [0.25, 0.3) is 0 Å². The maximum Gasteiger partial charge on any atom is 0.200 e. The Balaban J connectivity index is 5.21. The van der Waals surface area contributed by atoms with Crippen LogP contribution in [0.5, 0.6) is 0 Å². The van der Waals surface area contributed by atoms with Gasteiger partial charge in [0.1, 0.15) is 12.4 Å². The molecule has 0 aromatic heterocycles. The molecule has 4 heteroatoms. The van der Waals surface area contributed by atoms with Gasteiger partial charge in [0.25, 0.3) is 0 Å². The Bertz CT molecular complexity index is 1060. The zero-order valence-corrected chi connectivity index (χ0v) is 23.9. The van der Waals surface area contributed by atoms with Crippen molar-refractivity contribution in [3.63, 3.8) is 0 Å². The van der Waals surface area contributed by atoms with E-state index in [9.17, 15) is 13.2 Å². The topological polar surface area (TPSA) is 9.23 Å². The highest BCUT2D eigenvalue weighted by Gasteiger charge is 2.16. The van der Waals surface area contributed by atoms with Gasteiger partial charge in [-0.1, -0.05) is 111 Å². The molecule has 0 fully saturated rings. The van der Waals surface area contributed by atoms with E-state index in [1.807, 2.05) is 13.0 Å². The van der Waals surface area contributed by atoms with Crippen molar-refractivity contribution in [2.45, 2.75) is 53.9 Å². The third-order valence-electron chi connectivity index (χ3n) is 6.40. The summed E-state index contributed by atoms with van der Waals surface area (Å²) >= 11 is 0. The fourth-order valence-electron chi connectivity index (χ4n) is 3.15. The molecule has 0 aliphatic rings. The van der Waals surface area contributed by atoms with Crippen LogP contribution in [0.4, 0.5) is 13.2 Å². The highest BCUT2D eigenvalue weighted by molar-refractivity contribution is 5.53. The van der Waals surface area contributed by atoms with Crippen molar-refractivity contribution in [2.24, 2.45) is 17.8 Å². The Kier molecular flexibility index (Phi) is 15.8. The molecule has 0 aromatic carbocycles. The molecule has 0 aromatic rings. The van der Waals surface area contributed by atoms with Crippen molar-refractivity contribution in [3.05, 3.63) is 133 Å². The molecule has 0 heterocycles. The molecule has 0 saturated carbocycles. The lowest BCUT2D eigenvalue weighted by Crippen LogP contribution is -2.08. The fourth-order valence-corrected chi connectivity index (χ4v) is 3.15. The largest absolute Gasteiger partial charge is 0.487 e. The van der Waals surface area contributed by atoms with Crippen LogP contribution in [0.15, 0.2) is 133 Å². The lowest BCUT2D eigenvalue weighted by Gasteiger charge is -2.20. The van der Waals surface area contributed by atoms with Crippen LogP contribution in [-0.4, -0.2) is 6.61 Å². The SMILES string of the molecule is C=CCOC(=C)/C(F)=C(/F)C(=C)C(=C)/C=C\C(=C)C(=C)/C=C(/F)C(=C)/C(C)=C/CC(C)C(C)CCC(C)C. The summed E-state index contributed by atoms with van der Waals surface area (Å²) in [4.78, 5) is 0. The standard InChI is InChI=1S/C34H45F3O/c1-13-20-38-31(12)34(37)33(36)30(11)27(8)19-17-25(6)28(9)21-32(35)29(10)26(7)18-16-24(5)23(4)15-14-22(2)3/h13,17-19,21-24H,1,6,8-12,14-16,20H2,2-5,7H3/b19-17-,26-18+,32-21+,34-33-. The average molecular weight is 527 g/mol. The molecule has 0 amide bonds. The molecule has 0 aliphatic heterocycles. The second kappa shape index (κ2) is 17.3. The van der Waals surface area contributed by atoms with Gasteiger partial charge in [0, 0.05) is 11.1 Å². The molecule has 38 heavy (non-hydrogen) atoms. The zero-order valence-electron chi connectivity index (χ0n) is 23.9. The predicted octanol–water partition coefficient (Wildman–Crippen LogP) is 11.1. The van der Waals surface area contributed by atoms with Gasteiger partial charge in [0.05, 0.1) is 0 Å². The molecule has 1 nitrogen and oxygen atoms in total. The molecular formula is C34H45F3O. The Morgan fingerprint density at radius 2 is 1.34 bits per heavy atom. The van der Waals surface area contributed by atoms with Crippen LogP contribution in [0, 0.1) is 17.8 Å². The van der Waals surface area contributed by atoms with E-state index in [1.165, 1.54) is 37.1 Å². The molecular weight excluding hydrogens is 481 g/mol. The summed E-state index contributed by atoms with van der Waals surface area (Å²) in [7, 11) is 0. The first-order valence-electron chi connectivity index (χ1n) is 12.8. The molecule has 2 atom stereocenters. The van der Waals surface area contributed by atoms with Gasteiger partial charge in [-0.25, -0.2) is 8.78 Å². The molecule has 0 rings (SSSR count). The van der Waals surface area contributed by atoms with Crippen LogP contribution in [0.2, 0.25) is 0 Å². The summed E-state index contributed by atoms with van der Waals surface area (Å²) in [5.41, 5.74) is 1.51. The molecule has 0 aliphatic carbocycles. The van der Waals surface area contributed by atoms with Crippen molar-refractivity contribution in [2.75, 3.05) is 6.61 Å². The first-order valence-corrected chi connectivity index (χ1v) is 12.8. The highest BCUT2D eigenvalue weighted by atomic mass is 19.2. The summed E-state index contributed by atoms with van der Waals surface area (Å²) in [5, 5.41) is 0. The third-order valence-corrected chi connectivity index (χ3v) is 6.40. The van der Waals surface area contributed by atoms with Crippen molar-refractivity contribution in [1.29, 1.82) is 0 Å². The summed E-state index contributed by atoms with van der Waals surface area (Å²) in [6.45, 7) is 36.3. The quantitative estimate of drug-likeness (QED) is 0.0980. The lowest BCUT2D eigenvalue weighted by atomic mass is 9.86. The van der Waals surface area contributed by atoms with Crippen LogP contribution in [0.3, 0.4) is 0 Å². The van der Waals surface area contributed by atoms with Crippen molar-refractivity contribution in [3.8, 4) is 0 Å². The van der Waals surface area contributed by atoms with Crippen molar-refractivity contribution in [1.82, 2.24) is 0 Å². The Hall–Kier alpha value is -3.27. The molecule has 208 valence electrons. The van der Waals surface area contributed by atoms with Crippen molar-refractivity contribution < 1.29 is 17.9 Å². The van der Waals surface area contributed by atoms with Crippen LogP contribution < -0.4 is 0 Å². The third kappa shape index (κ3) is 12.3. The van der Waals surface area contributed by atoms with Gasteiger partial charge in [-0.15, -0.1) is 0 Å². The molecule has 0 bridgehead atoms. The first-order chi connectivity index (χ1) is 17.6. The number of allylic oxidation sites excluding steroid dienone is 13. The van der Waals surface area contributed by atoms with Crippen LogP contribution in [-0.2, 0) is 4.74 Å². The zero-order chi connectivity index (χ0) is 29.6. The van der Waals surface area contributed by atoms with E-state index in [4.69, 9.17) is 4.74 Å². The normalized spacial score (nSPS) is 14.6. The first kappa shape index (κ1) is 34.7. The van der Waals surface area contributed by atoms with Gasteiger partial charge in [-0.2, -0.15) is 4.39 Å². The minimum absolute atomic E-state index is 0.0165. The maximum absolute atomic E-state index is 14.9. The minimum Gasteiger partial charge on any atom is -0.487 e. The van der Waals surface area contributed by atoms with Crippen LogP contribution >= 0.6 is 0 Å². The van der Waals surface area contributed by atoms with Gasteiger partial charge in [0.2, 0.25) is 5.83 Å². The van der Waals surface area contributed by atoms with Gasteiger partial charge in [0.15, 0.2) is 11.6 Å². The molecule has 0 spiro atoms. The number of ether oxygens (including phenoxy) is 1. The second-order valence-electron chi connectivity index (χ2n) is 10.1. The minimum atomic E-state index is -1.28. The number of rotatable bonds is 18. The monoisotopic (exact) mass is 526 g/mol. The smallest absolute Gasteiger partial charge is 0.200 e. The average Bonchev–Trinajstić information content (AvgIpc) is 2.89. The molecule has 2 unspecified atom stereocenters. The van der Waals surface area contributed by atoms with E-state index >= 15 is 0 Å². The predicted molar refractivity (Wildman–Crippen MR) is 159 cm³/mol. The van der Waals surface area contributed by atoms with Crippen molar-refractivity contribution >= 4 is 0 Å². The van der Waals surface area contributed by atoms with E-state index in [2.05, 4.69) is 73.7 Å². The van der Waals surface area contributed by atoms with E-state index < -0.39 is 23.2 Å². The Morgan fingerprint density at radius 1 is 0.763 bits per heavy atom. The summed E-state index contributed by atoms with van der Waals surface area (Å²) in [6.07, 6.45) is 10.7. The van der Waals surface area contributed by atoms with Crippen LogP contribution in [0.1, 0.15) is 53.9 Å². The number of hydrogen-bond acceptors (Lipinski definition) is 1. The summed E-state index contributed by atoms with van der Waals surface area (Å²) in [5.74, 6) is -1.76. The van der Waals surface area contributed by atoms with E-state index in [1.54, 1.807) is 0 Å². The van der Waals surface area contributed by atoms with Gasteiger partial charge in [-0.05, 0) is 59.5 Å². The van der Waals surface area contributed by atoms with E-state index in [-0.39, 0.29) is 23.3 Å². The van der Waals surface area contributed by atoms with Gasteiger partial charge < -0.3 is 4.74 Å². The maximum atomic E-state index is 14.9. The van der Waals surface area contributed by atoms with Gasteiger partial charge >= 0.3 is 0 Å². The number of halogens is 3. The number of hydrogen-bond donors (Lipinski definition) is 0. The van der Waals surface area contributed by atoms with E-state index in [0.29, 0.717) is 28.9 Å². The molecule has 0 N–H and O–H groups in total. The Morgan fingerprint density at radius 3 is 1.89 bits per heavy atom. The fraction of sp³-hybridized carbons (Fsp3) is 0.353. The summed E-state index contributed by atoms with van der Waals surface area (Å²) in [6, 6.07) is 0. The summed E-state index contributed by atoms with van der Waals surface area (Å²) < 4.78 is 48.3. The Labute approximate surface area is 229 Å².